The summed E-state index contributed by atoms with van der Waals surface area (Å²) in [6.45, 7) is 9.22. The second-order valence-corrected chi connectivity index (χ2v) is 14.2. The molecule has 1 aromatic carbocycles. The maximum atomic E-state index is 13.8. The van der Waals surface area contributed by atoms with E-state index in [1.54, 1.807) is 13.8 Å². The van der Waals surface area contributed by atoms with E-state index < -0.39 is 68.0 Å². The van der Waals surface area contributed by atoms with Gasteiger partial charge in [0.05, 0.1) is 12.8 Å². The minimum atomic E-state index is -2.31. The van der Waals surface area contributed by atoms with Crippen LogP contribution in [0.1, 0.15) is 19.9 Å². The molecule has 1 N–H and O–H groups in total. The van der Waals surface area contributed by atoms with Gasteiger partial charge in [-0.3, -0.25) is 0 Å². The Balaban J connectivity index is 1.79. The molecule has 3 heterocycles. The maximum absolute atomic E-state index is 13.8. The molecule has 186 valence electrons. The number of hydrogen-bond donors (Lipinski definition) is 1. The molecular weight excluding hydrogens is 475 g/mol. The van der Waals surface area contributed by atoms with Crippen LogP contribution in [0.25, 0.3) is 11.3 Å². The highest BCUT2D eigenvalue weighted by molar-refractivity contribution is 6.69. The molecule has 34 heavy (non-hydrogen) atoms. The monoisotopic (exact) mass is 501 g/mol. The van der Waals surface area contributed by atoms with E-state index in [1.165, 1.54) is 10.9 Å². The molecule has 2 saturated heterocycles. The lowest BCUT2D eigenvalue weighted by Gasteiger charge is -2.51. The van der Waals surface area contributed by atoms with Gasteiger partial charge in [0.15, 0.2) is 37.7 Å². The Bertz CT molecular complexity index is 1070. The van der Waals surface area contributed by atoms with Crippen LogP contribution in [-0.4, -0.2) is 71.2 Å². The molecule has 0 radical (unpaired) electrons. The zero-order valence-electron chi connectivity index (χ0n) is 19.3. The number of ether oxygens (including phenoxy) is 3. The summed E-state index contributed by atoms with van der Waals surface area (Å²) in [5.74, 6) is -6.53. The highest BCUT2D eigenvalue weighted by atomic mass is 28.4. The van der Waals surface area contributed by atoms with Crippen molar-refractivity contribution < 1.29 is 41.7 Å². The molecule has 9 nitrogen and oxygen atoms in total. The lowest BCUT2D eigenvalue weighted by Crippen LogP contribution is -2.65. The highest BCUT2D eigenvalue weighted by Crippen LogP contribution is 2.40. The number of aliphatic carboxylic acids is 1. The summed E-state index contributed by atoms with van der Waals surface area (Å²) >= 11 is 0. The topological polar surface area (TPSA) is 105 Å². The molecule has 1 aromatic heterocycles. The summed E-state index contributed by atoms with van der Waals surface area (Å²) in [6, 6.07) is 0.805. The summed E-state index contributed by atoms with van der Waals surface area (Å²) in [5, 5.41) is 18.0. The smallest absolute Gasteiger partial charge is 0.335 e. The van der Waals surface area contributed by atoms with Crippen molar-refractivity contribution in [3.63, 3.8) is 0 Å². The Kier molecular flexibility index (Phi) is 6.35. The van der Waals surface area contributed by atoms with Crippen LogP contribution in [0.4, 0.5) is 13.2 Å². The molecular formula is C21H26F3N3O6Si. The van der Waals surface area contributed by atoms with Crippen LogP contribution in [0, 0.1) is 17.5 Å². The van der Waals surface area contributed by atoms with Crippen LogP contribution in [0.3, 0.4) is 0 Å². The van der Waals surface area contributed by atoms with Crippen LogP contribution in [0.2, 0.25) is 19.6 Å². The second-order valence-electron chi connectivity index (χ2n) is 9.75. The fraction of sp³-hybridized carbons (Fsp3) is 0.571. The molecule has 2 fully saturated rings. The summed E-state index contributed by atoms with van der Waals surface area (Å²) in [5.41, 5.74) is 0.0303. The molecule has 13 heteroatoms. The number of benzene rings is 1. The van der Waals surface area contributed by atoms with Gasteiger partial charge in [-0.1, -0.05) is 5.21 Å². The summed E-state index contributed by atoms with van der Waals surface area (Å²) in [7, 11) is -2.31. The number of halogens is 3. The zero-order chi connectivity index (χ0) is 25.0. The number of aromatic nitrogens is 3. The van der Waals surface area contributed by atoms with Crippen molar-refractivity contribution in [1.82, 2.24) is 15.0 Å². The Morgan fingerprint density at radius 2 is 1.88 bits per heavy atom. The Labute approximate surface area is 194 Å². The number of fused-ring (bicyclic) bond motifs is 1. The van der Waals surface area contributed by atoms with Crippen LogP contribution in [0.5, 0.6) is 0 Å². The largest absolute Gasteiger partial charge is 0.479 e. The molecule has 0 bridgehead atoms. The van der Waals surface area contributed by atoms with E-state index in [2.05, 4.69) is 10.3 Å². The van der Waals surface area contributed by atoms with Crippen molar-refractivity contribution in [2.24, 2.45) is 0 Å². The molecule has 0 aliphatic carbocycles. The molecule has 0 amide bonds. The van der Waals surface area contributed by atoms with E-state index >= 15 is 0 Å². The van der Waals surface area contributed by atoms with Crippen LogP contribution < -0.4 is 0 Å². The summed E-state index contributed by atoms with van der Waals surface area (Å²) in [6.07, 6.45) is -2.42. The molecule has 4 rings (SSSR count). The SMILES string of the molecule is CC1(C)OC[C@H]2O[C@@H](C(=O)O)[C@H](O[Si](C)(C)C)[C@@H](n3cc(-c4cc(F)c(F)c(F)c4)nn3)[C@H]2O1. The first kappa shape index (κ1) is 24.8. The van der Waals surface area contributed by atoms with Crippen molar-refractivity contribution in [1.29, 1.82) is 0 Å². The third-order valence-corrected chi connectivity index (χ3v) is 6.48. The van der Waals surface area contributed by atoms with Gasteiger partial charge in [0, 0.05) is 5.56 Å². The number of rotatable bonds is 5. The summed E-state index contributed by atoms with van der Waals surface area (Å²) < 4.78 is 66.2. The zero-order valence-corrected chi connectivity index (χ0v) is 20.3. The minimum Gasteiger partial charge on any atom is -0.479 e. The van der Waals surface area contributed by atoms with Crippen molar-refractivity contribution in [3.8, 4) is 11.3 Å². The number of nitrogens with zero attached hydrogens (tertiary/aromatic N) is 3. The Morgan fingerprint density at radius 3 is 2.47 bits per heavy atom. The quantitative estimate of drug-likeness (QED) is 0.492. The predicted molar refractivity (Wildman–Crippen MR) is 114 cm³/mol. The van der Waals surface area contributed by atoms with E-state index in [1.807, 2.05) is 19.6 Å². The van der Waals surface area contributed by atoms with Crippen molar-refractivity contribution in [3.05, 3.63) is 35.8 Å². The molecule has 0 saturated carbocycles. The van der Waals surface area contributed by atoms with Crippen molar-refractivity contribution in [2.75, 3.05) is 6.61 Å². The number of carbonyl (C=O) groups is 1. The van der Waals surface area contributed by atoms with Crippen LogP contribution >= 0.6 is 0 Å². The highest BCUT2D eigenvalue weighted by Gasteiger charge is 2.55. The number of hydrogen-bond acceptors (Lipinski definition) is 7. The first-order chi connectivity index (χ1) is 15.8. The fourth-order valence-electron chi connectivity index (χ4n) is 4.15. The Morgan fingerprint density at radius 1 is 1.24 bits per heavy atom. The van der Waals surface area contributed by atoms with Crippen LogP contribution in [-0.2, 0) is 23.4 Å². The lowest BCUT2D eigenvalue weighted by molar-refractivity contribution is -0.345. The van der Waals surface area contributed by atoms with Gasteiger partial charge in [0.1, 0.15) is 30.0 Å². The predicted octanol–water partition coefficient (Wildman–Crippen LogP) is 3.13. The van der Waals surface area contributed by atoms with Gasteiger partial charge in [-0.15, -0.1) is 5.10 Å². The molecule has 2 aliphatic rings. The Hall–Kier alpha value is -2.32. The van der Waals surface area contributed by atoms with E-state index in [9.17, 15) is 23.1 Å². The van der Waals surface area contributed by atoms with Gasteiger partial charge in [0.2, 0.25) is 0 Å². The first-order valence-corrected chi connectivity index (χ1v) is 14.1. The lowest BCUT2D eigenvalue weighted by atomic mass is 9.91. The van der Waals surface area contributed by atoms with Crippen molar-refractivity contribution >= 4 is 14.3 Å². The van der Waals surface area contributed by atoms with Gasteiger partial charge < -0.3 is 23.7 Å². The van der Waals surface area contributed by atoms with E-state index in [-0.39, 0.29) is 17.9 Å². The third-order valence-electron chi connectivity index (χ3n) is 5.50. The van der Waals surface area contributed by atoms with Gasteiger partial charge in [-0.25, -0.2) is 22.6 Å². The van der Waals surface area contributed by atoms with Crippen LogP contribution in [0.15, 0.2) is 18.3 Å². The maximum Gasteiger partial charge on any atom is 0.335 e. The average molecular weight is 502 g/mol. The molecule has 5 atom stereocenters. The minimum absolute atomic E-state index is 0.0306. The van der Waals surface area contributed by atoms with Gasteiger partial charge in [0.25, 0.3) is 0 Å². The first-order valence-electron chi connectivity index (χ1n) is 10.7. The third kappa shape index (κ3) is 4.89. The van der Waals surface area contributed by atoms with E-state index in [0.29, 0.717) is 0 Å². The van der Waals surface area contributed by atoms with Gasteiger partial charge in [-0.2, -0.15) is 0 Å². The summed E-state index contributed by atoms with van der Waals surface area (Å²) in [4.78, 5) is 12.1. The average Bonchev–Trinajstić information content (AvgIpc) is 3.19. The van der Waals surface area contributed by atoms with E-state index in [4.69, 9.17) is 18.6 Å². The van der Waals surface area contributed by atoms with Gasteiger partial charge >= 0.3 is 5.97 Å². The normalized spacial score (nSPS) is 29.0. The second kappa shape index (κ2) is 8.72. The number of carboxylic acids is 1. The van der Waals surface area contributed by atoms with Gasteiger partial charge in [-0.05, 0) is 45.6 Å². The van der Waals surface area contributed by atoms with Crippen molar-refractivity contribution in [2.45, 2.75) is 69.7 Å². The number of carboxylic acid groups (broad SMARTS) is 1. The molecule has 0 unspecified atom stereocenters. The molecule has 2 aromatic rings. The fourth-order valence-corrected chi connectivity index (χ4v) is 5.23. The molecule has 2 aliphatic heterocycles. The van der Waals surface area contributed by atoms with E-state index in [0.717, 1.165) is 12.1 Å². The molecule has 0 spiro atoms. The standard InChI is InChI=1S/C21H26F3N3O6Si/c1-21(2)30-9-14-17(32-21)16(18(33-34(3,4)5)19(31-14)20(28)29)27-8-13(25-26-27)10-6-11(22)15(24)12(23)7-10/h6-8,14,16-19H,9H2,1-5H3,(H,28,29)/t14-,16+,17+,18-,19-/m1/s1.